The Labute approximate surface area is 261 Å². The van der Waals surface area contributed by atoms with Crippen LogP contribution in [-0.4, -0.2) is 19.6 Å². The Balaban J connectivity index is 0. The van der Waals surface area contributed by atoms with Crippen molar-refractivity contribution >= 4 is 10.4 Å². The van der Waals surface area contributed by atoms with Gasteiger partial charge in [0, 0.05) is 5.92 Å². The van der Waals surface area contributed by atoms with Crippen LogP contribution in [-0.2, 0) is 14.6 Å². The van der Waals surface area contributed by atoms with Gasteiger partial charge in [0.2, 0.25) is 10.4 Å². The molecule has 0 amide bonds. The Hall–Kier alpha value is 0.610. The molecule has 1 unspecified atom stereocenters. The van der Waals surface area contributed by atoms with E-state index in [1.807, 2.05) is 0 Å². The predicted octanol–water partition coefficient (Wildman–Crippen LogP) is 7.82. The fraction of sp³-hybridized carbons (Fsp3) is 0.938. The summed E-state index contributed by atoms with van der Waals surface area (Å²) in [4.78, 5) is 0. The summed E-state index contributed by atoms with van der Waals surface area (Å²) in [5.74, 6) is 0.0187. The Kier molecular flexibility index (Phi) is 34.5. The van der Waals surface area contributed by atoms with E-state index in [1.54, 1.807) is 0 Å². The Morgan fingerprint density at radius 2 is 0.921 bits per heavy atom. The minimum absolute atomic E-state index is 0. The second-order valence-electron chi connectivity index (χ2n) is 11.2. The fourth-order valence-corrected chi connectivity index (χ4v) is 5.39. The third-order valence-electron chi connectivity index (χ3n) is 7.49. The van der Waals surface area contributed by atoms with E-state index in [1.165, 1.54) is 141 Å². The van der Waals surface area contributed by atoms with Gasteiger partial charge in [-0.05, 0) is 19.3 Å². The maximum atomic E-state index is 10.9. The van der Waals surface area contributed by atoms with Gasteiger partial charge in [-0.3, -0.25) is 4.18 Å². The number of rotatable bonds is 30. The molecule has 0 heterocycles. The molecule has 38 heavy (non-hydrogen) atoms. The van der Waals surface area contributed by atoms with Crippen LogP contribution in [0.2, 0.25) is 0 Å². The van der Waals surface area contributed by atoms with E-state index in [0.717, 1.165) is 25.7 Å². The molecule has 0 saturated heterocycles. The molecule has 0 aromatic carbocycles. The van der Waals surface area contributed by atoms with Gasteiger partial charge in [-0.15, -0.1) is 0 Å². The molecule has 4 nitrogen and oxygen atoms in total. The summed E-state index contributed by atoms with van der Waals surface area (Å²) in [5, 5.41) is 0. The summed E-state index contributed by atoms with van der Waals surface area (Å²) in [6.07, 6.45) is 38.2. The third-order valence-corrected chi connectivity index (χ3v) is 7.91. The van der Waals surface area contributed by atoms with Crippen LogP contribution < -0.4 is 29.6 Å². The van der Waals surface area contributed by atoms with Crippen molar-refractivity contribution in [3.63, 3.8) is 0 Å². The van der Waals surface area contributed by atoms with Crippen molar-refractivity contribution in [3.8, 4) is 0 Å². The molecule has 0 rings (SSSR count). The predicted molar refractivity (Wildman–Crippen MR) is 160 cm³/mol. The zero-order valence-corrected chi connectivity index (χ0v) is 28.7. The van der Waals surface area contributed by atoms with Crippen LogP contribution in [0.4, 0.5) is 0 Å². The second kappa shape index (κ2) is 32.1. The standard InChI is InChI=1S/C32H64O4S.Na/c1-3-5-7-9-11-12-13-14-15-16-17-18-19-20-21-22-24-26-28-30-32(31-36-37(33,34)35)29-27-25-23-10-8-6-4-2;/h28,30,32H,3-27,29,31H2,1-2H3,(H,33,34,35);/q;+1/p-1/b30-28+;. The van der Waals surface area contributed by atoms with Crippen LogP contribution in [0, 0.1) is 5.92 Å². The van der Waals surface area contributed by atoms with Crippen LogP contribution in [0.5, 0.6) is 0 Å². The van der Waals surface area contributed by atoms with Crippen LogP contribution >= 0.6 is 0 Å². The van der Waals surface area contributed by atoms with E-state index in [0.29, 0.717) is 0 Å². The van der Waals surface area contributed by atoms with Gasteiger partial charge >= 0.3 is 29.6 Å². The molecule has 0 N–H and O–H groups in total. The second-order valence-corrected chi connectivity index (χ2v) is 12.3. The summed E-state index contributed by atoms with van der Waals surface area (Å²) in [5.41, 5.74) is 0. The first kappa shape index (κ1) is 40.7. The normalized spacial score (nSPS) is 12.7. The number of allylic oxidation sites excluding steroid dienone is 1. The molecule has 0 aliphatic carbocycles. The van der Waals surface area contributed by atoms with Gasteiger partial charge in [0.1, 0.15) is 0 Å². The molecule has 222 valence electrons. The van der Waals surface area contributed by atoms with Gasteiger partial charge in [0.05, 0.1) is 6.61 Å². The molecule has 6 heteroatoms. The minimum Gasteiger partial charge on any atom is -0.726 e. The number of hydrogen-bond donors (Lipinski definition) is 0. The minimum atomic E-state index is -4.61. The first-order valence-electron chi connectivity index (χ1n) is 16.3. The van der Waals surface area contributed by atoms with E-state index in [-0.39, 0.29) is 42.1 Å². The van der Waals surface area contributed by atoms with Gasteiger partial charge in [-0.2, -0.15) is 0 Å². The third kappa shape index (κ3) is 34.6. The van der Waals surface area contributed by atoms with E-state index >= 15 is 0 Å². The molecule has 0 spiro atoms. The van der Waals surface area contributed by atoms with E-state index in [2.05, 4.69) is 30.2 Å². The average Bonchev–Trinajstić information content (AvgIpc) is 2.87. The number of unbranched alkanes of at least 4 members (excludes halogenated alkanes) is 23. The van der Waals surface area contributed by atoms with Gasteiger partial charge < -0.3 is 4.55 Å². The molecule has 0 aliphatic heterocycles. The SMILES string of the molecule is CCCCCCCCCCCCCCCCCCC/C=C/C(CCCCCCCCC)COS(=O)(=O)[O-].[Na+]. The monoisotopic (exact) mass is 566 g/mol. The van der Waals surface area contributed by atoms with E-state index in [4.69, 9.17) is 0 Å². The molecule has 0 aromatic heterocycles. The van der Waals surface area contributed by atoms with Crippen molar-refractivity contribution in [2.75, 3.05) is 6.61 Å². The van der Waals surface area contributed by atoms with E-state index < -0.39 is 10.4 Å². The molecule has 1 atom stereocenters. The smallest absolute Gasteiger partial charge is 0.726 e. The summed E-state index contributed by atoms with van der Waals surface area (Å²) in [6, 6.07) is 0. The summed E-state index contributed by atoms with van der Waals surface area (Å²) >= 11 is 0. The van der Waals surface area contributed by atoms with Crippen molar-refractivity contribution in [1.29, 1.82) is 0 Å². The molecular weight excluding hydrogens is 503 g/mol. The van der Waals surface area contributed by atoms with Crippen LogP contribution in [0.15, 0.2) is 12.2 Å². The molecule has 0 radical (unpaired) electrons. The van der Waals surface area contributed by atoms with Crippen molar-refractivity contribution in [1.82, 2.24) is 0 Å². The average molecular weight is 567 g/mol. The van der Waals surface area contributed by atoms with Crippen molar-refractivity contribution in [2.45, 2.75) is 181 Å². The van der Waals surface area contributed by atoms with Crippen molar-refractivity contribution in [2.24, 2.45) is 5.92 Å². The summed E-state index contributed by atoms with van der Waals surface area (Å²) in [7, 11) is -4.61. The van der Waals surface area contributed by atoms with E-state index in [9.17, 15) is 13.0 Å². The molecule has 0 fully saturated rings. The largest absolute Gasteiger partial charge is 1.00 e. The summed E-state index contributed by atoms with van der Waals surface area (Å²) in [6.45, 7) is 4.49. The van der Waals surface area contributed by atoms with Crippen LogP contribution in [0.3, 0.4) is 0 Å². The number of hydrogen-bond acceptors (Lipinski definition) is 4. The maximum Gasteiger partial charge on any atom is 1.00 e. The molecule has 0 aliphatic rings. The molecule has 0 saturated carbocycles. The Bertz CT molecular complexity index is 580. The first-order chi connectivity index (χ1) is 18.0. The quantitative estimate of drug-likeness (QED) is 0.0292. The Morgan fingerprint density at radius 1 is 0.579 bits per heavy atom. The summed E-state index contributed by atoms with van der Waals surface area (Å²) < 4.78 is 37.1. The van der Waals surface area contributed by atoms with Gasteiger partial charge in [-0.1, -0.05) is 174 Å². The van der Waals surface area contributed by atoms with Crippen LogP contribution in [0.25, 0.3) is 0 Å². The van der Waals surface area contributed by atoms with Gasteiger partial charge in [0.15, 0.2) is 0 Å². The molecular formula is C32H63NaO4S. The first-order valence-corrected chi connectivity index (χ1v) is 17.6. The van der Waals surface area contributed by atoms with Crippen molar-refractivity contribution in [3.05, 3.63) is 12.2 Å². The van der Waals surface area contributed by atoms with Crippen molar-refractivity contribution < 1.29 is 46.7 Å². The van der Waals surface area contributed by atoms with Gasteiger partial charge in [0.25, 0.3) is 0 Å². The zero-order valence-electron chi connectivity index (χ0n) is 25.9. The molecule has 0 aromatic rings. The fourth-order valence-electron chi connectivity index (χ4n) is 5.05. The van der Waals surface area contributed by atoms with Gasteiger partial charge in [-0.25, -0.2) is 8.42 Å². The maximum absolute atomic E-state index is 10.9. The zero-order chi connectivity index (χ0) is 27.3. The topological polar surface area (TPSA) is 66.4 Å². The van der Waals surface area contributed by atoms with Crippen LogP contribution in [0.1, 0.15) is 181 Å². The Morgan fingerprint density at radius 3 is 1.29 bits per heavy atom. The molecule has 0 bridgehead atoms.